The van der Waals surface area contributed by atoms with Gasteiger partial charge >= 0.3 is 0 Å². The molecule has 0 fully saturated rings. The fraction of sp³-hybridized carbons (Fsp3) is 0.304. The summed E-state index contributed by atoms with van der Waals surface area (Å²) in [6.45, 7) is 4.06. The minimum atomic E-state index is -3.45. The molecular formula is C23H25N5O4S. The van der Waals surface area contributed by atoms with E-state index in [9.17, 15) is 13.2 Å². The highest BCUT2D eigenvalue weighted by Crippen LogP contribution is 2.36. The highest BCUT2D eigenvalue weighted by Gasteiger charge is 2.20. The molecule has 10 heteroatoms. The van der Waals surface area contributed by atoms with Crippen molar-refractivity contribution in [2.45, 2.75) is 25.2 Å². The zero-order chi connectivity index (χ0) is 23.8. The quantitative estimate of drug-likeness (QED) is 0.411. The van der Waals surface area contributed by atoms with Crippen LogP contribution < -0.4 is 10.3 Å². The first kappa shape index (κ1) is 22.7. The summed E-state index contributed by atoms with van der Waals surface area (Å²) in [7, 11) is -0.0210. The van der Waals surface area contributed by atoms with Crippen molar-refractivity contribution in [3.05, 3.63) is 53.3 Å². The number of aromatic nitrogens is 5. The van der Waals surface area contributed by atoms with Crippen LogP contribution in [0.3, 0.4) is 0 Å². The van der Waals surface area contributed by atoms with Crippen molar-refractivity contribution in [3.63, 3.8) is 0 Å². The van der Waals surface area contributed by atoms with Crippen LogP contribution in [0, 0.1) is 0 Å². The van der Waals surface area contributed by atoms with Gasteiger partial charge in [-0.15, -0.1) is 0 Å². The molecule has 4 rings (SSSR count). The second-order valence-electron chi connectivity index (χ2n) is 7.73. The topological polar surface area (TPSA) is 109 Å². The van der Waals surface area contributed by atoms with E-state index in [0.717, 1.165) is 6.42 Å². The number of fused-ring (bicyclic) bond motifs is 1. The maximum absolute atomic E-state index is 12.8. The third-order valence-corrected chi connectivity index (χ3v) is 7.05. The summed E-state index contributed by atoms with van der Waals surface area (Å²) in [6.07, 6.45) is 7.37. The first-order chi connectivity index (χ1) is 15.7. The molecule has 0 bridgehead atoms. The molecule has 0 unspecified atom stereocenters. The lowest BCUT2D eigenvalue weighted by Crippen LogP contribution is -2.18. The Morgan fingerprint density at radius 2 is 1.85 bits per heavy atom. The molecule has 0 N–H and O–H groups in total. The molecule has 0 spiro atoms. The van der Waals surface area contributed by atoms with Crippen LogP contribution in [0.1, 0.15) is 20.3 Å². The van der Waals surface area contributed by atoms with Crippen molar-refractivity contribution in [2.75, 3.05) is 12.4 Å². The molecule has 0 amide bonds. The van der Waals surface area contributed by atoms with Crippen LogP contribution in [-0.4, -0.2) is 45.1 Å². The van der Waals surface area contributed by atoms with Crippen molar-refractivity contribution in [1.29, 1.82) is 0 Å². The van der Waals surface area contributed by atoms with Gasteiger partial charge in [0.25, 0.3) is 5.56 Å². The molecular weight excluding hydrogens is 442 g/mol. The molecule has 0 radical (unpaired) electrons. The van der Waals surface area contributed by atoms with Gasteiger partial charge in [0.1, 0.15) is 5.75 Å². The molecule has 0 aliphatic rings. The number of sulfone groups is 1. The SMILES string of the molecule is CCCOc1ccc(S(=O)(=O)CC)cc1-c1cn(C)c(=O)c2cnc(-c3cnn(C)c3)nc12. The number of ether oxygens (including phenoxy) is 1. The number of hydrogen-bond donors (Lipinski definition) is 0. The number of rotatable bonds is 7. The first-order valence-electron chi connectivity index (χ1n) is 10.6. The third kappa shape index (κ3) is 4.25. The van der Waals surface area contributed by atoms with Crippen LogP contribution in [0.2, 0.25) is 0 Å². The average Bonchev–Trinajstić information content (AvgIpc) is 3.26. The molecule has 172 valence electrons. The van der Waals surface area contributed by atoms with Crippen molar-refractivity contribution >= 4 is 20.7 Å². The smallest absolute Gasteiger partial charge is 0.261 e. The number of nitrogens with zero attached hydrogens (tertiary/aromatic N) is 5. The summed E-state index contributed by atoms with van der Waals surface area (Å²) < 4.78 is 34.2. The second kappa shape index (κ2) is 8.78. The van der Waals surface area contributed by atoms with E-state index in [1.807, 2.05) is 6.92 Å². The van der Waals surface area contributed by atoms with Gasteiger partial charge in [-0.25, -0.2) is 18.4 Å². The van der Waals surface area contributed by atoms with E-state index in [1.54, 1.807) is 62.5 Å². The molecule has 9 nitrogen and oxygen atoms in total. The van der Waals surface area contributed by atoms with Crippen LogP contribution in [0.15, 0.2) is 52.7 Å². The first-order valence-corrected chi connectivity index (χ1v) is 12.3. The van der Waals surface area contributed by atoms with E-state index < -0.39 is 9.84 Å². The summed E-state index contributed by atoms with van der Waals surface area (Å²) in [5.41, 5.74) is 2.00. The van der Waals surface area contributed by atoms with Gasteiger partial charge in [0.05, 0.1) is 39.9 Å². The molecule has 0 aliphatic carbocycles. The van der Waals surface area contributed by atoms with Crippen LogP contribution in [-0.2, 0) is 23.9 Å². The van der Waals surface area contributed by atoms with E-state index in [-0.39, 0.29) is 16.2 Å². The number of benzene rings is 1. The van der Waals surface area contributed by atoms with Crippen molar-refractivity contribution < 1.29 is 13.2 Å². The molecule has 0 saturated carbocycles. The van der Waals surface area contributed by atoms with E-state index in [4.69, 9.17) is 4.74 Å². The summed E-state index contributed by atoms with van der Waals surface area (Å²) in [5, 5.41) is 4.49. The zero-order valence-corrected chi connectivity index (χ0v) is 19.8. The Morgan fingerprint density at radius 1 is 1.06 bits per heavy atom. The molecule has 3 aromatic heterocycles. The summed E-state index contributed by atoms with van der Waals surface area (Å²) >= 11 is 0. The standard InChI is InChI=1S/C23H25N5O4S/c1-5-9-32-20-8-7-16(33(30,31)6-2)10-17(20)19-14-27(3)23(29)18-12-24-22(26-21(18)19)15-11-25-28(4)13-15/h7-8,10-14H,5-6,9H2,1-4H3. The lowest BCUT2D eigenvalue weighted by molar-refractivity contribution is 0.318. The predicted molar refractivity (Wildman–Crippen MR) is 126 cm³/mol. The second-order valence-corrected chi connectivity index (χ2v) is 10.0. The Kier molecular flexibility index (Phi) is 6.03. The van der Waals surface area contributed by atoms with Gasteiger partial charge in [0.15, 0.2) is 15.7 Å². The van der Waals surface area contributed by atoms with E-state index >= 15 is 0 Å². The molecule has 1 aromatic carbocycles. The largest absolute Gasteiger partial charge is 0.493 e. The fourth-order valence-electron chi connectivity index (χ4n) is 3.54. The van der Waals surface area contributed by atoms with Gasteiger partial charge < -0.3 is 9.30 Å². The molecule has 33 heavy (non-hydrogen) atoms. The Hall–Kier alpha value is -3.53. The van der Waals surface area contributed by atoms with Gasteiger partial charge in [-0.05, 0) is 24.6 Å². The van der Waals surface area contributed by atoms with E-state index in [1.165, 1.54) is 10.8 Å². The summed E-state index contributed by atoms with van der Waals surface area (Å²) in [5.74, 6) is 0.912. The highest BCUT2D eigenvalue weighted by molar-refractivity contribution is 7.91. The van der Waals surface area contributed by atoms with E-state index in [2.05, 4.69) is 15.1 Å². The van der Waals surface area contributed by atoms with E-state index in [0.29, 0.717) is 45.8 Å². The van der Waals surface area contributed by atoms with Gasteiger partial charge in [-0.2, -0.15) is 5.10 Å². The van der Waals surface area contributed by atoms with Gasteiger partial charge in [-0.1, -0.05) is 13.8 Å². The molecule has 0 atom stereocenters. The fourth-order valence-corrected chi connectivity index (χ4v) is 4.44. The number of pyridine rings is 1. The summed E-state index contributed by atoms with van der Waals surface area (Å²) in [6, 6.07) is 4.80. The number of hydrogen-bond acceptors (Lipinski definition) is 7. The predicted octanol–water partition coefficient (Wildman–Crippen LogP) is 2.98. The highest BCUT2D eigenvalue weighted by atomic mass is 32.2. The summed E-state index contributed by atoms with van der Waals surface area (Å²) in [4.78, 5) is 22.1. The minimum Gasteiger partial charge on any atom is -0.493 e. The van der Waals surface area contributed by atoms with Crippen molar-refractivity contribution in [1.82, 2.24) is 24.3 Å². The Morgan fingerprint density at radius 3 is 2.52 bits per heavy atom. The maximum Gasteiger partial charge on any atom is 0.261 e. The maximum atomic E-state index is 12.8. The Balaban J connectivity index is 2.04. The lowest BCUT2D eigenvalue weighted by Gasteiger charge is -2.15. The molecule has 4 aromatic rings. The zero-order valence-electron chi connectivity index (χ0n) is 18.9. The third-order valence-electron chi connectivity index (χ3n) is 5.32. The van der Waals surface area contributed by atoms with Crippen LogP contribution >= 0.6 is 0 Å². The normalized spacial score (nSPS) is 11.8. The van der Waals surface area contributed by atoms with Crippen LogP contribution in [0.5, 0.6) is 5.75 Å². The molecule has 3 heterocycles. The van der Waals surface area contributed by atoms with Crippen LogP contribution in [0.25, 0.3) is 33.4 Å². The van der Waals surface area contributed by atoms with Gasteiger partial charge in [0, 0.05) is 43.8 Å². The minimum absolute atomic E-state index is 0.0248. The number of aryl methyl sites for hydroxylation is 2. The van der Waals surface area contributed by atoms with Gasteiger partial charge in [0.2, 0.25) is 0 Å². The molecule has 0 saturated heterocycles. The van der Waals surface area contributed by atoms with Crippen molar-refractivity contribution in [2.24, 2.45) is 14.1 Å². The van der Waals surface area contributed by atoms with Gasteiger partial charge in [-0.3, -0.25) is 9.48 Å². The van der Waals surface area contributed by atoms with Crippen LogP contribution in [0.4, 0.5) is 0 Å². The van der Waals surface area contributed by atoms with Crippen molar-refractivity contribution in [3.8, 4) is 28.3 Å². The lowest BCUT2D eigenvalue weighted by atomic mass is 10.0. The monoisotopic (exact) mass is 467 g/mol. The molecule has 0 aliphatic heterocycles. The Bertz CT molecular complexity index is 1510. The average molecular weight is 468 g/mol. The Labute approximate surface area is 191 Å².